The second kappa shape index (κ2) is 5.98. The van der Waals surface area contributed by atoms with Crippen LogP contribution in [-0.2, 0) is 9.53 Å². The maximum absolute atomic E-state index is 11.8. The summed E-state index contributed by atoms with van der Waals surface area (Å²) in [5.74, 6) is -0.339. The predicted octanol–water partition coefficient (Wildman–Crippen LogP) is 4.74. The Morgan fingerprint density at radius 1 is 1.29 bits per heavy atom. The number of rotatable bonds is 2. The number of benzene rings is 1. The Balaban J connectivity index is 2.30. The number of hydrogen-bond acceptors (Lipinski definition) is 3. The third kappa shape index (κ3) is 4.39. The molecule has 3 nitrogen and oxygen atoms in total. The van der Waals surface area contributed by atoms with Gasteiger partial charge in [-0.15, -0.1) is 0 Å². The molecule has 0 radical (unpaired) electrons. The predicted molar refractivity (Wildman–Crippen MR) is 88.9 cm³/mol. The van der Waals surface area contributed by atoms with Crippen molar-refractivity contribution < 1.29 is 9.53 Å². The summed E-state index contributed by atoms with van der Waals surface area (Å²) in [6.45, 7) is 7.43. The van der Waals surface area contributed by atoms with Crippen LogP contribution in [0.3, 0.4) is 0 Å². The summed E-state index contributed by atoms with van der Waals surface area (Å²) in [6, 6.07) is 7.93. The molecule has 0 aliphatic heterocycles. The Labute approximate surface area is 133 Å². The molecule has 1 heterocycles. The minimum Gasteiger partial charge on any atom is -0.457 e. The number of pyridine rings is 1. The third-order valence-electron chi connectivity index (χ3n) is 2.84. The van der Waals surface area contributed by atoms with E-state index in [4.69, 9.17) is 4.74 Å². The summed E-state index contributed by atoms with van der Waals surface area (Å²) in [5, 5.41) is 1.03. The topological polar surface area (TPSA) is 39.2 Å². The Bertz CT molecular complexity index is 714. The molecule has 0 N–H and O–H groups in total. The molecule has 0 unspecified atom stereocenters. The molecule has 0 spiro atoms. The van der Waals surface area contributed by atoms with Crippen LogP contribution in [0.25, 0.3) is 16.5 Å². The summed E-state index contributed by atoms with van der Waals surface area (Å²) in [5.41, 5.74) is 2.18. The number of esters is 1. The van der Waals surface area contributed by atoms with Crippen molar-refractivity contribution in [2.24, 2.45) is 0 Å². The molecule has 0 atom stereocenters. The number of ether oxygens (including phenoxy) is 1. The number of carbonyl (C=O) groups is 1. The lowest BCUT2D eigenvalue weighted by Gasteiger charge is -2.18. The van der Waals surface area contributed by atoms with E-state index in [1.807, 2.05) is 52.0 Å². The van der Waals surface area contributed by atoms with Gasteiger partial charge >= 0.3 is 5.97 Å². The van der Waals surface area contributed by atoms with Gasteiger partial charge in [0.2, 0.25) is 0 Å². The molecule has 0 aliphatic carbocycles. The average molecular weight is 348 g/mol. The first-order valence-electron chi connectivity index (χ1n) is 6.71. The summed E-state index contributed by atoms with van der Waals surface area (Å²) >= 11 is 3.45. The van der Waals surface area contributed by atoms with Crippen molar-refractivity contribution in [2.45, 2.75) is 33.3 Å². The van der Waals surface area contributed by atoms with E-state index < -0.39 is 5.60 Å². The first kappa shape index (κ1) is 15.7. The first-order chi connectivity index (χ1) is 9.74. The van der Waals surface area contributed by atoms with Gasteiger partial charge < -0.3 is 4.74 Å². The standard InChI is InChI=1S/C17H18BrNO2/c1-11(7-16(20)21-17(2,3)4)13-8-12-9-14(18)5-6-15(12)19-10-13/h5-10H,1-4H3/b11-7+. The number of halogens is 1. The van der Waals surface area contributed by atoms with Crippen LogP contribution in [0.5, 0.6) is 0 Å². The molecule has 110 valence electrons. The van der Waals surface area contributed by atoms with E-state index in [9.17, 15) is 4.79 Å². The second-order valence-electron chi connectivity index (χ2n) is 5.92. The van der Waals surface area contributed by atoms with Crippen molar-refractivity contribution >= 4 is 38.4 Å². The fraction of sp³-hybridized carbons (Fsp3) is 0.294. The van der Waals surface area contributed by atoms with Crippen LogP contribution in [-0.4, -0.2) is 16.6 Å². The molecular weight excluding hydrogens is 330 g/mol. The van der Waals surface area contributed by atoms with Crippen molar-refractivity contribution in [3.8, 4) is 0 Å². The lowest BCUT2D eigenvalue weighted by molar-refractivity contribution is -0.148. The SMILES string of the molecule is C/C(=C\C(=O)OC(C)(C)C)c1cnc2ccc(Br)cc2c1. The summed E-state index contributed by atoms with van der Waals surface area (Å²) in [7, 11) is 0. The van der Waals surface area contributed by atoms with E-state index in [-0.39, 0.29) is 5.97 Å². The molecule has 0 fully saturated rings. The van der Waals surface area contributed by atoms with Crippen LogP contribution >= 0.6 is 15.9 Å². The van der Waals surface area contributed by atoms with Gasteiger partial charge in [-0.1, -0.05) is 15.9 Å². The molecule has 4 heteroatoms. The Hall–Kier alpha value is -1.68. The first-order valence-corrected chi connectivity index (χ1v) is 7.51. The van der Waals surface area contributed by atoms with E-state index in [1.165, 1.54) is 6.08 Å². The maximum Gasteiger partial charge on any atom is 0.331 e. The highest BCUT2D eigenvalue weighted by Crippen LogP contribution is 2.22. The zero-order valence-electron chi connectivity index (χ0n) is 12.6. The molecule has 0 bridgehead atoms. The minimum absolute atomic E-state index is 0.339. The van der Waals surface area contributed by atoms with Crippen molar-refractivity contribution in [1.29, 1.82) is 0 Å². The fourth-order valence-corrected chi connectivity index (χ4v) is 2.29. The van der Waals surface area contributed by atoms with E-state index >= 15 is 0 Å². The molecule has 0 aliphatic rings. The quantitative estimate of drug-likeness (QED) is 0.581. The number of aromatic nitrogens is 1. The molecule has 2 aromatic rings. The van der Waals surface area contributed by atoms with Gasteiger partial charge in [0.1, 0.15) is 5.60 Å². The van der Waals surface area contributed by atoms with E-state index in [2.05, 4.69) is 20.9 Å². The molecule has 0 amide bonds. The van der Waals surface area contributed by atoms with Gasteiger partial charge in [-0.05, 0) is 63.1 Å². The largest absolute Gasteiger partial charge is 0.457 e. The molecule has 21 heavy (non-hydrogen) atoms. The van der Waals surface area contributed by atoms with Crippen LogP contribution in [0, 0.1) is 0 Å². The van der Waals surface area contributed by atoms with Crippen LogP contribution in [0.4, 0.5) is 0 Å². The minimum atomic E-state index is -0.486. The third-order valence-corrected chi connectivity index (χ3v) is 3.33. The molecule has 0 saturated heterocycles. The van der Waals surface area contributed by atoms with Crippen molar-refractivity contribution in [3.63, 3.8) is 0 Å². The van der Waals surface area contributed by atoms with Gasteiger partial charge in [0, 0.05) is 22.1 Å². The highest BCUT2D eigenvalue weighted by Gasteiger charge is 2.14. The monoisotopic (exact) mass is 347 g/mol. The van der Waals surface area contributed by atoms with E-state index in [0.29, 0.717) is 0 Å². The van der Waals surface area contributed by atoms with Crippen LogP contribution in [0.1, 0.15) is 33.3 Å². The second-order valence-corrected chi connectivity index (χ2v) is 6.84. The highest BCUT2D eigenvalue weighted by molar-refractivity contribution is 9.10. The van der Waals surface area contributed by atoms with Gasteiger partial charge in [-0.3, -0.25) is 4.98 Å². The zero-order chi connectivity index (χ0) is 15.6. The Kier molecular flexibility index (Phi) is 4.47. The zero-order valence-corrected chi connectivity index (χ0v) is 14.2. The average Bonchev–Trinajstić information content (AvgIpc) is 2.35. The van der Waals surface area contributed by atoms with Gasteiger partial charge in [0.15, 0.2) is 0 Å². The molecule has 2 rings (SSSR count). The summed E-state index contributed by atoms with van der Waals surface area (Å²) < 4.78 is 6.30. The van der Waals surface area contributed by atoms with Crippen LogP contribution in [0.15, 0.2) is 41.0 Å². The van der Waals surface area contributed by atoms with E-state index in [0.717, 1.165) is 26.5 Å². The van der Waals surface area contributed by atoms with Gasteiger partial charge in [-0.25, -0.2) is 4.79 Å². The lowest BCUT2D eigenvalue weighted by Crippen LogP contribution is -2.22. The number of fused-ring (bicyclic) bond motifs is 1. The van der Waals surface area contributed by atoms with Gasteiger partial charge in [0.25, 0.3) is 0 Å². The van der Waals surface area contributed by atoms with Crippen molar-refractivity contribution in [1.82, 2.24) is 4.98 Å². The van der Waals surface area contributed by atoms with Crippen molar-refractivity contribution in [2.75, 3.05) is 0 Å². The van der Waals surface area contributed by atoms with Crippen molar-refractivity contribution in [3.05, 3.63) is 46.6 Å². The van der Waals surface area contributed by atoms with Gasteiger partial charge in [-0.2, -0.15) is 0 Å². The Morgan fingerprint density at radius 3 is 2.67 bits per heavy atom. The molecule has 1 aromatic heterocycles. The number of allylic oxidation sites excluding steroid dienone is 1. The van der Waals surface area contributed by atoms with Crippen LogP contribution < -0.4 is 0 Å². The summed E-state index contributed by atoms with van der Waals surface area (Å²) in [4.78, 5) is 16.2. The number of carbonyl (C=O) groups excluding carboxylic acids is 1. The summed E-state index contributed by atoms with van der Waals surface area (Å²) in [6.07, 6.45) is 3.28. The maximum atomic E-state index is 11.8. The smallest absolute Gasteiger partial charge is 0.331 e. The Morgan fingerprint density at radius 2 is 2.00 bits per heavy atom. The fourth-order valence-electron chi connectivity index (χ4n) is 1.91. The van der Waals surface area contributed by atoms with E-state index in [1.54, 1.807) is 6.20 Å². The molecular formula is C17H18BrNO2. The number of hydrogen-bond donors (Lipinski definition) is 0. The highest BCUT2D eigenvalue weighted by atomic mass is 79.9. The molecule has 1 aromatic carbocycles. The lowest BCUT2D eigenvalue weighted by atomic mass is 10.1. The van der Waals surface area contributed by atoms with Crippen LogP contribution in [0.2, 0.25) is 0 Å². The number of nitrogens with zero attached hydrogens (tertiary/aromatic N) is 1. The van der Waals surface area contributed by atoms with Gasteiger partial charge in [0.05, 0.1) is 5.52 Å². The molecule has 0 saturated carbocycles. The normalized spacial score (nSPS) is 12.5.